The fraction of sp³-hybridized carbons (Fsp3) is 0.292. The summed E-state index contributed by atoms with van der Waals surface area (Å²) >= 11 is 30.3. The van der Waals surface area contributed by atoms with E-state index in [9.17, 15) is 9.59 Å². The Morgan fingerprint density at radius 1 is 0.525 bits per heavy atom. The number of hydrogen-bond acceptors (Lipinski definition) is 5. The fourth-order valence-electron chi connectivity index (χ4n) is 8.26. The molecular weight excluding hydrogens is 866 g/mol. The largest absolute Gasteiger partial charge is 0.351 e. The standard InChI is InChI=1S/C48H48Cl4N6O2S/c1-53-17-5-19-57(25-23-53)43(59)13-9-35-37(31-7-11-39-33(27-31)15-21-55(39)3)29-41(47(51)45(35)49)61-42-30-38(32-8-12-40-34(28-32)16-22-56(40)4)36(46(50)48(42)52)10-14-44(60)58-20-6-18-54(2)24-26-58/h7-16,21-22,27-30H,5-6,17-20,23-26H2,1-4H3. The van der Waals surface area contributed by atoms with Gasteiger partial charge in [0, 0.05) is 121 Å². The molecule has 2 aliphatic rings. The van der Waals surface area contributed by atoms with Crippen molar-refractivity contribution in [3.63, 3.8) is 0 Å². The molecule has 0 N–H and O–H groups in total. The summed E-state index contributed by atoms with van der Waals surface area (Å²) in [5.74, 6) is -0.133. The highest BCUT2D eigenvalue weighted by atomic mass is 35.5. The van der Waals surface area contributed by atoms with Gasteiger partial charge >= 0.3 is 0 Å². The summed E-state index contributed by atoms with van der Waals surface area (Å²) in [5.41, 5.74) is 6.95. The first-order valence-corrected chi connectivity index (χ1v) is 22.8. The minimum atomic E-state index is -0.0667. The predicted octanol–water partition coefficient (Wildman–Crippen LogP) is 11.1. The van der Waals surface area contributed by atoms with Gasteiger partial charge in [-0.2, -0.15) is 0 Å². The minimum Gasteiger partial charge on any atom is -0.351 e. The second-order valence-corrected chi connectivity index (χ2v) is 18.7. The number of aryl methyl sites for hydroxylation is 2. The van der Waals surface area contributed by atoms with Gasteiger partial charge in [-0.05, 0) is 123 Å². The highest BCUT2D eigenvalue weighted by molar-refractivity contribution is 7.99. The Labute approximate surface area is 381 Å². The molecule has 0 radical (unpaired) electrons. The van der Waals surface area contributed by atoms with E-state index in [1.54, 1.807) is 24.3 Å². The number of nitrogens with zero attached hydrogens (tertiary/aromatic N) is 6. The molecule has 316 valence electrons. The monoisotopic (exact) mass is 912 g/mol. The topological polar surface area (TPSA) is 57.0 Å². The van der Waals surface area contributed by atoms with E-state index in [1.807, 2.05) is 48.4 Å². The van der Waals surface area contributed by atoms with Crippen molar-refractivity contribution in [2.45, 2.75) is 22.6 Å². The van der Waals surface area contributed by atoms with Gasteiger partial charge in [-0.15, -0.1) is 0 Å². The zero-order chi connectivity index (χ0) is 42.9. The highest BCUT2D eigenvalue weighted by Gasteiger charge is 2.23. The normalized spacial score (nSPS) is 16.1. The van der Waals surface area contributed by atoms with Crippen molar-refractivity contribution in [2.24, 2.45) is 14.1 Å². The first kappa shape index (κ1) is 43.5. The molecule has 2 aliphatic heterocycles. The molecule has 13 heteroatoms. The summed E-state index contributed by atoms with van der Waals surface area (Å²) in [6, 6.07) is 20.7. The number of amides is 2. The van der Waals surface area contributed by atoms with Crippen LogP contribution in [0.1, 0.15) is 24.0 Å². The van der Waals surface area contributed by atoms with Crippen molar-refractivity contribution in [3.05, 3.63) is 116 Å². The fourth-order valence-corrected chi connectivity index (χ4v) is 10.4. The van der Waals surface area contributed by atoms with Crippen LogP contribution >= 0.6 is 58.2 Å². The van der Waals surface area contributed by atoms with Crippen LogP contribution in [0.2, 0.25) is 20.1 Å². The zero-order valence-electron chi connectivity index (χ0n) is 34.7. The molecule has 0 spiro atoms. The van der Waals surface area contributed by atoms with E-state index < -0.39 is 0 Å². The van der Waals surface area contributed by atoms with E-state index >= 15 is 0 Å². The number of carbonyl (C=O) groups is 2. The molecule has 2 amide bonds. The van der Waals surface area contributed by atoms with Gasteiger partial charge in [0.15, 0.2) is 0 Å². The molecule has 6 aromatic rings. The first-order chi connectivity index (χ1) is 29.4. The lowest BCUT2D eigenvalue weighted by molar-refractivity contribution is -0.126. The van der Waals surface area contributed by atoms with Crippen LogP contribution < -0.4 is 0 Å². The Bertz CT molecular complexity index is 2540. The molecule has 2 saturated heterocycles. The predicted molar refractivity (Wildman–Crippen MR) is 256 cm³/mol. The zero-order valence-corrected chi connectivity index (χ0v) is 38.6. The molecule has 8 nitrogen and oxygen atoms in total. The first-order valence-electron chi connectivity index (χ1n) is 20.5. The van der Waals surface area contributed by atoms with Crippen LogP contribution in [0.15, 0.2) is 95.0 Å². The highest BCUT2D eigenvalue weighted by Crippen LogP contribution is 2.49. The lowest BCUT2D eigenvalue weighted by Crippen LogP contribution is -2.33. The summed E-state index contributed by atoms with van der Waals surface area (Å²) in [7, 11) is 8.20. The third-order valence-electron chi connectivity index (χ3n) is 11.9. The Balaban J connectivity index is 1.21. The third kappa shape index (κ3) is 9.30. The van der Waals surface area contributed by atoms with Crippen LogP contribution in [0, 0.1) is 0 Å². The average Bonchev–Trinajstić information content (AvgIpc) is 3.62. The van der Waals surface area contributed by atoms with Crippen LogP contribution in [-0.4, -0.2) is 107 Å². The quantitative estimate of drug-likeness (QED) is 0.142. The second kappa shape index (κ2) is 18.7. The van der Waals surface area contributed by atoms with Crippen LogP contribution in [-0.2, 0) is 23.7 Å². The van der Waals surface area contributed by atoms with Crippen molar-refractivity contribution in [1.82, 2.24) is 28.7 Å². The van der Waals surface area contributed by atoms with E-state index in [0.29, 0.717) is 67.2 Å². The Hall–Kier alpha value is -4.19. The second-order valence-electron chi connectivity index (χ2n) is 16.1. The molecule has 4 heterocycles. The van der Waals surface area contributed by atoms with Crippen LogP contribution in [0.4, 0.5) is 0 Å². The number of rotatable bonds is 8. The molecule has 4 aromatic carbocycles. The number of aromatic nitrogens is 2. The number of hydrogen-bond donors (Lipinski definition) is 0. The van der Waals surface area contributed by atoms with E-state index in [1.165, 1.54) is 11.8 Å². The number of benzene rings is 4. The van der Waals surface area contributed by atoms with Crippen molar-refractivity contribution >= 4 is 104 Å². The number of fused-ring (bicyclic) bond motifs is 2. The van der Waals surface area contributed by atoms with Gasteiger partial charge in [0.2, 0.25) is 11.8 Å². The van der Waals surface area contributed by atoms with E-state index in [2.05, 4.69) is 81.6 Å². The van der Waals surface area contributed by atoms with Gasteiger partial charge in [-0.1, -0.05) is 70.3 Å². The average molecular weight is 915 g/mol. The van der Waals surface area contributed by atoms with Crippen molar-refractivity contribution in [2.75, 3.05) is 66.5 Å². The third-order valence-corrected chi connectivity index (χ3v) is 15.0. The van der Waals surface area contributed by atoms with Crippen LogP contribution in [0.3, 0.4) is 0 Å². The van der Waals surface area contributed by atoms with Crippen molar-refractivity contribution < 1.29 is 9.59 Å². The molecule has 0 unspecified atom stereocenters. The number of halogens is 4. The molecule has 0 aliphatic carbocycles. The minimum absolute atomic E-state index is 0.0667. The van der Waals surface area contributed by atoms with E-state index in [-0.39, 0.29) is 11.8 Å². The van der Waals surface area contributed by atoms with Gasteiger partial charge < -0.3 is 28.7 Å². The smallest absolute Gasteiger partial charge is 0.246 e. The van der Waals surface area contributed by atoms with Crippen LogP contribution in [0.25, 0.3) is 56.2 Å². The maximum Gasteiger partial charge on any atom is 0.246 e. The molecule has 8 rings (SSSR count). The summed E-state index contributed by atoms with van der Waals surface area (Å²) < 4.78 is 4.16. The van der Waals surface area contributed by atoms with Gasteiger partial charge in [0.25, 0.3) is 0 Å². The van der Waals surface area contributed by atoms with Gasteiger partial charge in [0.1, 0.15) is 0 Å². The van der Waals surface area contributed by atoms with E-state index in [4.69, 9.17) is 46.4 Å². The van der Waals surface area contributed by atoms with Crippen LogP contribution in [0.5, 0.6) is 0 Å². The number of carbonyl (C=O) groups excluding carboxylic acids is 2. The Kier molecular flexibility index (Phi) is 13.3. The molecule has 61 heavy (non-hydrogen) atoms. The summed E-state index contributed by atoms with van der Waals surface area (Å²) in [5, 5.41) is 3.45. The summed E-state index contributed by atoms with van der Waals surface area (Å²) in [4.78, 5) is 36.7. The van der Waals surface area contributed by atoms with Gasteiger partial charge in [-0.3, -0.25) is 9.59 Å². The molecular formula is C48H48Cl4N6O2S. The SMILES string of the molecule is CN1CCCN(C(=O)C=Cc2c(-c3ccc4c(ccn4C)c3)cc(Sc3cc(-c4ccc5c(ccn5C)c4)c(C=CC(=O)N4CCCN(C)CC4)c(Cl)c3Cl)c(Cl)c2Cl)CC1. The Morgan fingerprint density at radius 3 is 1.38 bits per heavy atom. The van der Waals surface area contributed by atoms with Crippen molar-refractivity contribution in [3.8, 4) is 22.3 Å². The van der Waals surface area contributed by atoms with Gasteiger partial charge in [-0.25, -0.2) is 0 Å². The maximum absolute atomic E-state index is 13.6. The molecule has 2 fully saturated rings. The maximum atomic E-state index is 13.6. The van der Waals surface area contributed by atoms with E-state index in [0.717, 1.165) is 83.1 Å². The lowest BCUT2D eigenvalue weighted by Gasteiger charge is -2.20. The molecule has 2 aromatic heterocycles. The molecule has 0 saturated carbocycles. The van der Waals surface area contributed by atoms with Gasteiger partial charge in [0.05, 0.1) is 20.1 Å². The molecule has 0 bridgehead atoms. The molecule has 0 atom stereocenters. The lowest BCUT2D eigenvalue weighted by atomic mass is 9.97. The van der Waals surface area contributed by atoms with Crippen molar-refractivity contribution in [1.29, 1.82) is 0 Å². The summed E-state index contributed by atoms with van der Waals surface area (Å²) in [6.45, 7) is 6.26. The number of likely N-dealkylation sites (N-methyl/N-ethyl adjacent to an activating group) is 2. The Morgan fingerprint density at radius 2 is 0.951 bits per heavy atom. The summed E-state index contributed by atoms with van der Waals surface area (Å²) in [6.07, 6.45) is 12.7.